The highest BCUT2D eigenvalue weighted by molar-refractivity contribution is 9.10. The van der Waals surface area contributed by atoms with E-state index >= 15 is 0 Å². The molecule has 0 saturated heterocycles. The van der Waals surface area contributed by atoms with Crippen molar-refractivity contribution in [2.75, 3.05) is 17.4 Å². The third kappa shape index (κ3) is 3.26. The molecule has 134 valence electrons. The molecule has 3 heterocycles. The van der Waals surface area contributed by atoms with Gasteiger partial charge < -0.3 is 20.1 Å². The quantitative estimate of drug-likeness (QED) is 0.457. The summed E-state index contributed by atoms with van der Waals surface area (Å²) in [5.74, 6) is 2.58. The van der Waals surface area contributed by atoms with E-state index in [1.165, 1.54) is 0 Å². The molecule has 5 rings (SSSR count). The minimum absolute atomic E-state index is 0.244. The summed E-state index contributed by atoms with van der Waals surface area (Å²) in [5.41, 5.74) is 4.56. The number of benzene rings is 2. The van der Waals surface area contributed by atoms with Crippen molar-refractivity contribution in [1.29, 1.82) is 0 Å². The van der Waals surface area contributed by atoms with Crippen LogP contribution in [0.1, 0.15) is 0 Å². The molecule has 0 amide bonds. The molecule has 0 fully saturated rings. The van der Waals surface area contributed by atoms with Gasteiger partial charge in [0.2, 0.25) is 12.7 Å². The number of hydrogen-bond acceptors (Lipinski definition) is 8. The fraction of sp³-hybridized carbons (Fsp3) is 0.0556. The van der Waals surface area contributed by atoms with Crippen LogP contribution < -0.4 is 20.1 Å². The van der Waals surface area contributed by atoms with Crippen molar-refractivity contribution < 1.29 is 9.47 Å². The van der Waals surface area contributed by atoms with E-state index in [1.54, 1.807) is 17.5 Å². The van der Waals surface area contributed by atoms with E-state index in [0.717, 1.165) is 31.8 Å². The lowest BCUT2D eigenvalue weighted by Crippen LogP contribution is -2.01. The average Bonchev–Trinajstić information content (AvgIpc) is 3.32. The molecule has 0 bridgehead atoms. The third-order valence-corrected chi connectivity index (χ3v) is 5.34. The van der Waals surface area contributed by atoms with Gasteiger partial charge in [0.15, 0.2) is 11.5 Å². The molecule has 2 N–H and O–H groups in total. The first kappa shape index (κ1) is 16.3. The molecule has 9 heteroatoms. The van der Waals surface area contributed by atoms with Crippen molar-refractivity contribution in [3.8, 4) is 11.5 Å². The van der Waals surface area contributed by atoms with Gasteiger partial charge in [-0.1, -0.05) is 0 Å². The summed E-state index contributed by atoms with van der Waals surface area (Å²) in [6, 6.07) is 11.6. The molecule has 2 aromatic carbocycles. The largest absolute Gasteiger partial charge is 0.454 e. The van der Waals surface area contributed by atoms with Gasteiger partial charge in [-0.15, -0.1) is 11.3 Å². The standard InChI is InChI=1S/C18H12BrN5O2S/c19-12-7-20-18(23-11-1-3-13-16(6-11)27-8-21-13)24-17(12)22-10-2-4-14-15(5-10)26-9-25-14/h1-8H,9H2,(H2,20,22,23,24). The summed E-state index contributed by atoms with van der Waals surface area (Å²) in [7, 11) is 0. The number of halogens is 1. The Labute approximate surface area is 166 Å². The van der Waals surface area contributed by atoms with Crippen LogP contribution in [0.4, 0.5) is 23.1 Å². The van der Waals surface area contributed by atoms with Gasteiger partial charge in [0.25, 0.3) is 0 Å². The third-order valence-electron chi connectivity index (χ3n) is 3.97. The summed E-state index contributed by atoms with van der Waals surface area (Å²) in [6.07, 6.45) is 1.70. The Kier molecular flexibility index (Phi) is 4.02. The molecule has 0 saturated carbocycles. The predicted octanol–water partition coefficient (Wildman–Crippen LogP) is 5.06. The van der Waals surface area contributed by atoms with E-state index in [4.69, 9.17) is 9.47 Å². The van der Waals surface area contributed by atoms with Crippen LogP contribution in [0.5, 0.6) is 11.5 Å². The Bertz CT molecular complexity index is 1150. The molecule has 2 aromatic heterocycles. The monoisotopic (exact) mass is 441 g/mol. The zero-order chi connectivity index (χ0) is 18.2. The van der Waals surface area contributed by atoms with Crippen LogP contribution in [-0.4, -0.2) is 21.7 Å². The van der Waals surface area contributed by atoms with Crippen molar-refractivity contribution in [1.82, 2.24) is 15.0 Å². The van der Waals surface area contributed by atoms with Crippen LogP contribution in [-0.2, 0) is 0 Å². The van der Waals surface area contributed by atoms with Gasteiger partial charge in [0.05, 0.1) is 20.2 Å². The fourth-order valence-electron chi connectivity index (χ4n) is 2.69. The van der Waals surface area contributed by atoms with Crippen molar-refractivity contribution >= 4 is 60.6 Å². The number of aromatic nitrogens is 3. The Morgan fingerprint density at radius 1 is 0.963 bits per heavy atom. The fourth-order valence-corrected chi connectivity index (χ4v) is 3.69. The summed E-state index contributed by atoms with van der Waals surface area (Å²) in [5, 5.41) is 6.50. The molecule has 0 spiro atoms. The highest BCUT2D eigenvalue weighted by atomic mass is 79.9. The number of anilines is 4. The SMILES string of the molecule is Brc1cnc(Nc2ccc3ncsc3c2)nc1Nc1ccc2c(c1)OCO2. The summed E-state index contributed by atoms with van der Waals surface area (Å²) < 4.78 is 12.6. The van der Waals surface area contributed by atoms with E-state index < -0.39 is 0 Å². The van der Waals surface area contributed by atoms with E-state index in [2.05, 4.69) is 41.5 Å². The first-order valence-electron chi connectivity index (χ1n) is 8.04. The smallest absolute Gasteiger partial charge is 0.231 e. The van der Waals surface area contributed by atoms with Crippen LogP contribution in [0, 0.1) is 0 Å². The van der Waals surface area contributed by atoms with Gasteiger partial charge in [-0.2, -0.15) is 4.98 Å². The number of nitrogens with one attached hydrogen (secondary N) is 2. The molecule has 0 atom stereocenters. The molecule has 4 aromatic rings. The molecule has 0 aliphatic carbocycles. The number of thiazole rings is 1. The second-order valence-electron chi connectivity index (χ2n) is 5.74. The highest BCUT2D eigenvalue weighted by Gasteiger charge is 2.14. The zero-order valence-corrected chi connectivity index (χ0v) is 16.2. The maximum absolute atomic E-state index is 5.42. The van der Waals surface area contributed by atoms with Crippen LogP contribution in [0.2, 0.25) is 0 Å². The number of ether oxygens (including phenoxy) is 2. The van der Waals surface area contributed by atoms with E-state index in [1.807, 2.05) is 41.9 Å². The average molecular weight is 442 g/mol. The summed E-state index contributed by atoms with van der Waals surface area (Å²) in [4.78, 5) is 13.2. The maximum Gasteiger partial charge on any atom is 0.231 e. The van der Waals surface area contributed by atoms with Gasteiger partial charge in [-0.25, -0.2) is 9.97 Å². The van der Waals surface area contributed by atoms with Gasteiger partial charge in [-0.3, -0.25) is 0 Å². The lowest BCUT2D eigenvalue weighted by Gasteiger charge is -2.11. The van der Waals surface area contributed by atoms with Gasteiger partial charge in [-0.05, 0) is 46.3 Å². The van der Waals surface area contributed by atoms with Crippen molar-refractivity contribution in [3.63, 3.8) is 0 Å². The molecule has 1 aliphatic rings. The molecule has 1 aliphatic heterocycles. The lowest BCUT2D eigenvalue weighted by atomic mass is 10.3. The normalized spacial score (nSPS) is 12.3. The lowest BCUT2D eigenvalue weighted by molar-refractivity contribution is 0.174. The van der Waals surface area contributed by atoms with Crippen molar-refractivity contribution in [2.45, 2.75) is 0 Å². The first-order valence-corrected chi connectivity index (χ1v) is 9.71. The molecule has 27 heavy (non-hydrogen) atoms. The number of fused-ring (bicyclic) bond motifs is 2. The Hall–Kier alpha value is -2.91. The van der Waals surface area contributed by atoms with Crippen molar-refractivity contribution in [3.05, 3.63) is 52.6 Å². The first-order chi connectivity index (χ1) is 13.2. The van der Waals surface area contributed by atoms with E-state index in [0.29, 0.717) is 17.5 Å². The second kappa shape index (κ2) is 6.67. The maximum atomic E-state index is 5.42. The Morgan fingerprint density at radius 3 is 2.78 bits per heavy atom. The van der Waals surface area contributed by atoms with E-state index in [-0.39, 0.29) is 6.79 Å². The number of rotatable bonds is 4. The summed E-state index contributed by atoms with van der Waals surface area (Å²) in [6.45, 7) is 0.244. The Balaban J connectivity index is 1.40. The zero-order valence-electron chi connectivity index (χ0n) is 13.8. The minimum Gasteiger partial charge on any atom is -0.454 e. The van der Waals surface area contributed by atoms with Crippen LogP contribution in [0.15, 0.2) is 52.6 Å². The highest BCUT2D eigenvalue weighted by Crippen LogP contribution is 2.36. The van der Waals surface area contributed by atoms with Crippen molar-refractivity contribution in [2.24, 2.45) is 0 Å². The Morgan fingerprint density at radius 2 is 1.81 bits per heavy atom. The molecular weight excluding hydrogens is 430 g/mol. The molecule has 0 radical (unpaired) electrons. The topological polar surface area (TPSA) is 81.2 Å². The second-order valence-corrected chi connectivity index (χ2v) is 7.48. The molecule has 0 unspecified atom stereocenters. The minimum atomic E-state index is 0.244. The molecule has 7 nitrogen and oxygen atoms in total. The molecular formula is C18H12BrN5O2S. The predicted molar refractivity (Wildman–Crippen MR) is 108 cm³/mol. The van der Waals surface area contributed by atoms with Crippen LogP contribution in [0.3, 0.4) is 0 Å². The number of nitrogens with zero attached hydrogens (tertiary/aromatic N) is 3. The van der Waals surface area contributed by atoms with Gasteiger partial charge in [0.1, 0.15) is 5.82 Å². The van der Waals surface area contributed by atoms with Crippen LogP contribution >= 0.6 is 27.3 Å². The van der Waals surface area contributed by atoms with E-state index in [9.17, 15) is 0 Å². The van der Waals surface area contributed by atoms with Gasteiger partial charge in [0, 0.05) is 23.6 Å². The summed E-state index contributed by atoms with van der Waals surface area (Å²) >= 11 is 5.08. The van der Waals surface area contributed by atoms with Gasteiger partial charge >= 0.3 is 0 Å². The van der Waals surface area contributed by atoms with Crippen LogP contribution in [0.25, 0.3) is 10.2 Å². The number of hydrogen-bond donors (Lipinski definition) is 2.